The van der Waals surface area contributed by atoms with Crippen LogP contribution in [0.5, 0.6) is 0 Å². The average molecular weight is 489 g/mol. The normalized spacial score (nSPS) is 22.6. The summed E-state index contributed by atoms with van der Waals surface area (Å²) in [5.74, 6) is -1.53. The molecule has 0 amide bonds. The molecule has 0 aromatic heterocycles. The number of halogens is 5. The number of thioether (sulfide) groups is 1. The molecule has 1 N–H and O–H groups in total. The van der Waals surface area contributed by atoms with E-state index in [-0.39, 0.29) is 10.8 Å². The molecule has 2 aromatic carbocycles. The zero-order chi connectivity index (χ0) is 24.4. The Morgan fingerprint density at radius 1 is 1.09 bits per heavy atom. The topological polar surface area (TPSA) is 38.7 Å². The lowest BCUT2D eigenvalue weighted by molar-refractivity contribution is -0.152. The molecule has 1 saturated heterocycles. The van der Waals surface area contributed by atoms with E-state index in [2.05, 4.69) is 0 Å². The molecule has 3 nitrogen and oxygen atoms in total. The summed E-state index contributed by atoms with van der Waals surface area (Å²) in [6.45, 7) is 5.60. The maximum atomic E-state index is 14.2. The first kappa shape index (κ1) is 25.7. The molecule has 3 rings (SSSR count). The van der Waals surface area contributed by atoms with Crippen LogP contribution in [0.2, 0.25) is 0 Å². The van der Waals surface area contributed by atoms with Crippen molar-refractivity contribution in [1.82, 2.24) is 0 Å². The Morgan fingerprint density at radius 2 is 1.70 bits per heavy atom. The summed E-state index contributed by atoms with van der Waals surface area (Å²) >= 11 is 1.37. The number of rotatable bonds is 6. The van der Waals surface area contributed by atoms with E-state index in [9.17, 15) is 27.1 Å². The molecule has 1 aliphatic heterocycles. The van der Waals surface area contributed by atoms with Gasteiger partial charge in [0.2, 0.25) is 0 Å². The van der Waals surface area contributed by atoms with Crippen molar-refractivity contribution < 1.29 is 36.5 Å². The molecular formula is C24H25F5O3S. The van der Waals surface area contributed by atoms with Crippen LogP contribution in [0.3, 0.4) is 0 Å². The van der Waals surface area contributed by atoms with Crippen molar-refractivity contribution in [3.8, 4) is 0 Å². The van der Waals surface area contributed by atoms with Crippen LogP contribution in [0.15, 0.2) is 48.0 Å². The summed E-state index contributed by atoms with van der Waals surface area (Å²) in [7, 11) is 0. The maximum Gasteiger partial charge on any atom is 0.416 e. The molecule has 1 heterocycles. The van der Waals surface area contributed by atoms with Crippen LogP contribution in [-0.4, -0.2) is 35.1 Å². The first-order chi connectivity index (χ1) is 15.4. The highest BCUT2D eigenvalue weighted by Gasteiger charge is 2.36. The van der Waals surface area contributed by atoms with Gasteiger partial charge in [0, 0.05) is 16.9 Å². The zero-order valence-corrected chi connectivity index (χ0v) is 19.1. The Morgan fingerprint density at radius 3 is 2.24 bits per heavy atom. The summed E-state index contributed by atoms with van der Waals surface area (Å²) in [4.78, 5) is 0. The monoisotopic (exact) mass is 488 g/mol. The van der Waals surface area contributed by atoms with Crippen molar-refractivity contribution in [2.45, 2.75) is 49.3 Å². The van der Waals surface area contributed by atoms with Gasteiger partial charge < -0.3 is 14.6 Å². The number of aliphatic hydroxyl groups is 1. The van der Waals surface area contributed by atoms with Crippen molar-refractivity contribution in [2.75, 3.05) is 13.2 Å². The van der Waals surface area contributed by atoms with Crippen molar-refractivity contribution in [3.63, 3.8) is 0 Å². The van der Waals surface area contributed by atoms with Gasteiger partial charge in [-0.05, 0) is 43.2 Å². The third-order valence-corrected chi connectivity index (χ3v) is 7.06. The largest absolute Gasteiger partial charge is 0.416 e. The lowest BCUT2D eigenvalue weighted by atomic mass is 9.92. The van der Waals surface area contributed by atoms with Gasteiger partial charge in [-0.15, -0.1) is 11.8 Å². The second-order valence-corrected chi connectivity index (χ2v) is 9.82. The van der Waals surface area contributed by atoms with Gasteiger partial charge in [-0.25, -0.2) is 8.78 Å². The van der Waals surface area contributed by atoms with Crippen LogP contribution in [0.25, 0.3) is 6.08 Å². The molecule has 180 valence electrons. The quantitative estimate of drug-likeness (QED) is 0.495. The fourth-order valence-electron chi connectivity index (χ4n) is 3.47. The van der Waals surface area contributed by atoms with Gasteiger partial charge in [-0.2, -0.15) is 13.2 Å². The molecule has 1 fully saturated rings. The highest BCUT2D eigenvalue weighted by atomic mass is 32.2. The summed E-state index contributed by atoms with van der Waals surface area (Å²) in [6, 6.07) is 7.88. The molecular weight excluding hydrogens is 463 g/mol. The van der Waals surface area contributed by atoms with Crippen molar-refractivity contribution in [3.05, 3.63) is 76.4 Å². The second-order valence-electron chi connectivity index (χ2n) is 8.18. The number of hydrogen-bond acceptors (Lipinski definition) is 4. The van der Waals surface area contributed by atoms with Crippen LogP contribution in [0.1, 0.15) is 37.5 Å². The first-order valence-corrected chi connectivity index (χ1v) is 11.2. The van der Waals surface area contributed by atoms with Crippen molar-refractivity contribution >= 4 is 17.8 Å². The Kier molecular flexibility index (Phi) is 7.88. The van der Waals surface area contributed by atoms with Crippen LogP contribution in [0, 0.1) is 11.6 Å². The second kappa shape index (κ2) is 10.1. The van der Waals surface area contributed by atoms with Crippen molar-refractivity contribution in [2.24, 2.45) is 0 Å². The van der Waals surface area contributed by atoms with Gasteiger partial charge in [0.15, 0.2) is 6.29 Å². The Balaban J connectivity index is 1.57. The van der Waals surface area contributed by atoms with Gasteiger partial charge in [0.1, 0.15) is 17.2 Å². The molecule has 0 radical (unpaired) electrons. The standard InChI is InChI=1S/C24H25F5O3S/c1-14(10-16-4-6-17(7-5-16)24(27,28)29)22-31-12-19(13-32-22)33-15(2)23(3,30)20-9-8-18(25)11-21(20)26/h4-11,15,19,22,30H,12-13H2,1-3H3/t15-,19-,22-,23+/m1/s1. The first-order valence-electron chi connectivity index (χ1n) is 10.3. The van der Waals surface area contributed by atoms with Gasteiger partial charge in [0.25, 0.3) is 0 Å². The van der Waals surface area contributed by atoms with E-state index in [0.717, 1.165) is 24.3 Å². The summed E-state index contributed by atoms with van der Waals surface area (Å²) < 4.78 is 77.0. The fourth-order valence-corrected chi connectivity index (χ4v) is 4.75. The van der Waals surface area contributed by atoms with Gasteiger partial charge in [-0.3, -0.25) is 0 Å². The number of benzene rings is 2. The zero-order valence-electron chi connectivity index (χ0n) is 18.3. The number of alkyl halides is 3. The van der Waals surface area contributed by atoms with E-state index in [4.69, 9.17) is 9.47 Å². The molecule has 0 unspecified atom stereocenters. The van der Waals surface area contributed by atoms with Crippen LogP contribution >= 0.6 is 11.8 Å². The predicted molar refractivity (Wildman–Crippen MR) is 118 cm³/mol. The van der Waals surface area contributed by atoms with E-state index < -0.39 is 40.5 Å². The van der Waals surface area contributed by atoms with Gasteiger partial charge in [-0.1, -0.05) is 31.2 Å². The molecule has 0 spiro atoms. The minimum absolute atomic E-state index is 0.00902. The minimum Gasteiger partial charge on any atom is -0.384 e. The SMILES string of the molecule is CC(=Cc1ccc(C(F)(F)F)cc1)[C@H]1OC[C@H](S[C@H](C)[C@](C)(O)c2ccc(F)cc2F)CO1. The molecule has 0 aliphatic carbocycles. The molecule has 1 aliphatic rings. The molecule has 0 bridgehead atoms. The van der Waals surface area contributed by atoms with Crippen molar-refractivity contribution in [1.29, 1.82) is 0 Å². The third-order valence-electron chi connectivity index (χ3n) is 5.54. The van der Waals surface area contributed by atoms with Gasteiger partial charge >= 0.3 is 6.18 Å². The number of ether oxygens (including phenoxy) is 2. The van der Waals surface area contributed by atoms with E-state index in [1.54, 1.807) is 19.9 Å². The fraction of sp³-hybridized carbons (Fsp3) is 0.417. The molecule has 2 atom stereocenters. The molecule has 9 heteroatoms. The molecule has 33 heavy (non-hydrogen) atoms. The van der Waals surface area contributed by atoms with E-state index in [0.29, 0.717) is 24.4 Å². The van der Waals surface area contributed by atoms with Gasteiger partial charge in [0.05, 0.1) is 24.0 Å². The van der Waals surface area contributed by atoms with E-state index in [1.807, 2.05) is 0 Å². The Labute approximate surface area is 193 Å². The third kappa shape index (κ3) is 6.35. The van der Waals surface area contributed by atoms with E-state index in [1.165, 1.54) is 36.9 Å². The summed E-state index contributed by atoms with van der Waals surface area (Å²) in [5.41, 5.74) is -0.957. The molecule has 0 saturated carbocycles. The van der Waals surface area contributed by atoms with E-state index >= 15 is 0 Å². The average Bonchev–Trinajstić information content (AvgIpc) is 2.73. The van der Waals surface area contributed by atoms with Crippen LogP contribution in [-0.2, 0) is 21.3 Å². The summed E-state index contributed by atoms with van der Waals surface area (Å²) in [6.07, 6.45) is -3.33. The Bertz CT molecular complexity index is 981. The highest BCUT2D eigenvalue weighted by Crippen LogP contribution is 2.37. The number of hydrogen-bond donors (Lipinski definition) is 1. The minimum atomic E-state index is -4.39. The lowest BCUT2D eigenvalue weighted by Crippen LogP contribution is -2.39. The maximum absolute atomic E-state index is 14.2. The summed E-state index contributed by atoms with van der Waals surface area (Å²) in [5, 5.41) is 10.3. The van der Waals surface area contributed by atoms with Crippen LogP contribution in [0.4, 0.5) is 22.0 Å². The van der Waals surface area contributed by atoms with Crippen LogP contribution < -0.4 is 0 Å². The smallest absolute Gasteiger partial charge is 0.384 e. The lowest BCUT2D eigenvalue weighted by Gasteiger charge is -2.36. The highest BCUT2D eigenvalue weighted by molar-refractivity contribution is 8.00. The molecule has 2 aromatic rings. The Hall–Kier alpha value is -1.94. The predicted octanol–water partition coefficient (Wildman–Crippen LogP) is 6.16.